The van der Waals surface area contributed by atoms with Crippen LogP contribution in [0.1, 0.15) is 30.9 Å². The fourth-order valence-corrected chi connectivity index (χ4v) is 11.3. The molecule has 3 fully saturated rings. The highest BCUT2D eigenvalue weighted by atomic mass is 79.9. The molecule has 5 rings (SSSR count). The standard InChI is InChI=1S/C34H39BrClN3O4S/c1-5-16-37(19-22-13-9-8-10-14-22)31(41)26-27-32(42)39(23(7-3)20-40)30(34(27)18-24(35)29(26)44-34)33(43)38(17-6-2)28-21(4)12-11-15-25(28)36/h5-6,8-15,23-24,26-27,29-30,40H,1-2,7,16-20H2,3-4H3/t23-,24?,26-,27-,29-,30?,34?/m0/s1. The van der Waals surface area contributed by atoms with E-state index in [0.717, 1.165) is 11.1 Å². The molecule has 7 nitrogen and oxygen atoms in total. The molecule has 234 valence electrons. The minimum Gasteiger partial charge on any atom is -0.394 e. The van der Waals surface area contributed by atoms with Crippen LogP contribution < -0.4 is 4.90 Å². The first-order valence-electron chi connectivity index (χ1n) is 15.0. The number of anilines is 1. The molecule has 3 amide bonds. The zero-order valence-electron chi connectivity index (χ0n) is 25.1. The van der Waals surface area contributed by atoms with Gasteiger partial charge in [-0.2, -0.15) is 0 Å². The number of halogens is 2. The minimum atomic E-state index is -0.900. The van der Waals surface area contributed by atoms with Crippen molar-refractivity contribution in [2.24, 2.45) is 11.8 Å². The summed E-state index contributed by atoms with van der Waals surface area (Å²) in [7, 11) is 0. The number of hydrogen-bond donors (Lipinski definition) is 1. The van der Waals surface area contributed by atoms with Gasteiger partial charge in [-0.05, 0) is 37.0 Å². The van der Waals surface area contributed by atoms with Crippen molar-refractivity contribution in [2.45, 2.75) is 60.1 Å². The van der Waals surface area contributed by atoms with E-state index in [0.29, 0.717) is 36.6 Å². The summed E-state index contributed by atoms with van der Waals surface area (Å²) in [5, 5.41) is 10.7. The van der Waals surface area contributed by atoms with Gasteiger partial charge >= 0.3 is 0 Å². The summed E-state index contributed by atoms with van der Waals surface area (Å²) < 4.78 is -0.864. The number of para-hydroxylation sites is 1. The van der Waals surface area contributed by atoms with Gasteiger partial charge < -0.3 is 19.8 Å². The van der Waals surface area contributed by atoms with Gasteiger partial charge in [0.2, 0.25) is 11.8 Å². The largest absolute Gasteiger partial charge is 0.394 e. The molecule has 0 aliphatic carbocycles. The van der Waals surface area contributed by atoms with Crippen LogP contribution in [0.15, 0.2) is 73.8 Å². The van der Waals surface area contributed by atoms with Crippen LogP contribution in [0.2, 0.25) is 5.02 Å². The van der Waals surface area contributed by atoms with Gasteiger partial charge in [0.1, 0.15) is 6.04 Å². The second kappa shape index (κ2) is 13.4. The van der Waals surface area contributed by atoms with E-state index in [1.165, 1.54) is 0 Å². The number of carbonyl (C=O) groups excluding carboxylic acids is 3. The number of aryl methyl sites for hydroxylation is 1. The SMILES string of the molecule is C=CCN(Cc1ccccc1)C(=O)[C@H]1[C@H]2C(=O)N([C@@H](CC)CO)C(C(=O)N(CC=C)c3c(C)cccc3Cl)C23CC(Br)[C@@H]1S3. The third-order valence-corrected chi connectivity index (χ3v) is 12.8. The van der Waals surface area contributed by atoms with E-state index in [1.807, 2.05) is 56.3 Å². The van der Waals surface area contributed by atoms with Gasteiger partial charge in [-0.25, -0.2) is 0 Å². The molecule has 3 saturated heterocycles. The first kappa shape index (κ1) is 32.8. The Labute approximate surface area is 277 Å². The lowest BCUT2D eigenvalue weighted by atomic mass is 9.70. The molecule has 0 aromatic heterocycles. The Bertz CT molecular complexity index is 1420. The summed E-state index contributed by atoms with van der Waals surface area (Å²) >= 11 is 12.1. The number of thioether (sulfide) groups is 1. The molecule has 3 unspecified atom stereocenters. The molecule has 44 heavy (non-hydrogen) atoms. The van der Waals surface area contributed by atoms with Crippen molar-refractivity contribution in [1.29, 1.82) is 0 Å². The van der Waals surface area contributed by atoms with Gasteiger partial charge in [0.25, 0.3) is 5.91 Å². The van der Waals surface area contributed by atoms with Gasteiger partial charge in [-0.15, -0.1) is 24.9 Å². The van der Waals surface area contributed by atoms with Crippen molar-refractivity contribution in [2.75, 3.05) is 24.6 Å². The number of rotatable bonds is 12. The Morgan fingerprint density at radius 1 is 1.16 bits per heavy atom. The van der Waals surface area contributed by atoms with Crippen LogP contribution >= 0.6 is 39.3 Å². The Hall–Kier alpha value is -2.59. The van der Waals surface area contributed by atoms with Crippen LogP contribution in [0.5, 0.6) is 0 Å². The summed E-state index contributed by atoms with van der Waals surface area (Å²) in [5.74, 6) is -2.00. The zero-order chi connectivity index (χ0) is 31.8. The molecule has 0 radical (unpaired) electrons. The Kier molecular flexibility index (Phi) is 10.00. The molecule has 3 aliphatic heterocycles. The fourth-order valence-electron chi connectivity index (χ4n) is 7.37. The molecular weight excluding hydrogens is 662 g/mol. The highest BCUT2D eigenvalue weighted by molar-refractivity contribution is 9.09. The maximum Gasteiger partial charge on any atom is 0.251 e. The molecule has 10 heteroatoms. The molecule has 1 spiro atoms. The van der Waals surface area contributed by atoms with Crippen molar-refractivity contribution in [1.82, 2.24) is 9.80 Å². The van der Waals surface area contributed by atoms with Crippen LogP contribution in [-0.2, 0) is 20.9 Å². The van der Waals surface area contributed by atoms with Gasteiger partial charge in [0, 0.05) is 29.7 Å². The predicted molar refractivity (Wildman–Crippen MR) is 181 cm³/mol. The van der Waals surface area contributed by atoms with Crippen LogP contribution in [0, 0.1) is 18.8 Å². The van der Waals surface area contributed by atoms with E-state index < -0.39 is 28.7 Å². The summed E-state index contributed by atoms with van der Waals surface area (Å²) in [4.78, 5) is 48.9. The van der Waals surface area contributed by atoms with Crippen molar-refractivity contribution in [3.8, 4) is 0 Å². The fraction of sp³-hybridized carbons (Fsp3) is 0.441. The number of fused-ring (bicyclic) bond motifs is 1. The number of hydrogen-bond acceptors (Lipinski definition) is 5. The number of aliphatic hydroxyl groups excluding tert-OH is 1. The number of amides is 3. The summed E-state index contributed by atoms with van der Waals surface area (Å²) in [6, 6.07) is 13.8. The van der Waals surface area contributed by atoms with E-state index >= 15 is 0 Å². The maximum atomic E-state index is 14.9. The zero-order valence-corrected chi connectivity index (χ0v) is 28.2. The molecular formula is C34H39BrClN3O4S. The lowest BCUT2D eigenvalue weighted by Crippen LogP contribution is -2.58. The normalized spacial score (nSPS) is 27.6. The molecule has 3 heterocycles. The van der Waals surface area contributed by atoms with E-state index in [4.69, 9.17) is 11.6 Å². The molecule has 0 saturated carbocycles. The van der Waals surface area contributed by atoms with Crippen LogP contribution in [0.25, 0.3) is 0 Å². The van der Waals surface area contributed by atoms with Crippen molar-refractivity contribution >= 4 is 62.7 Å². The smallest absolute Gasteiger partial charge is 0.251 e. The number of benzene rings is 2. The first-order chi connectivity index (χ1) is 21.1. The predicted octanol–water partition coefficient (Wildman–Crippen LogP) is 5.62. The monoisotopic (exact) mass is 699 g/mol. The Morgan fingerprint density at radius 3 is 2.48 bits per heavy atom. The third-order valence-electron chi connectivity index (χ3n) is 9.24. The van der Waals surface area contributed by atoms with E-state index in [-0.39, 0.29) is 41.0 Å². The van der Waals surface area contributed by atoms with Crippen LogP contribution in [-0.4, -0.2) is 79.2 Å². The van der Waals surface area contributed by atoms with E-state index in [9.17, 15) is 19.5 Å². The Morgan fingerprint density at radius 2 is 1.86 bits per heavy atom. The average Bonchev–Trinajstić information content (AvgIpc) is 3.60. The summed E-state index contributed by atoms with van der Waals surface area (Å²) in [5.41, 5.74) is 2.38. The maximum absolute atomic E-state index is 14.9. The number of likely N-dealkylation sites (tertiary alicyclic amines) is 1. The van der Waals surface area contributed by atoms with Crippen molar-refractivity contribution in [3.05, 3.63) is 90.0 Å². The molecule has 7 atom stereocenters. The van der Waals surface area contributed by atoms with Gasteiger partial charge in [-0.1, -0.05) is 89.1 Å². The number of nitrogens with zero attached hydrogens (tertiary/aromatic N) is 3. The molecule has 1 N–H and O–H groups in total. The highest BCUT2D eigenvalue weighted by Gasteiger charge is 2.76. The lowest BCUT2D eigenvalue weighted by Gasteiger charge is -2.40. The number of aliphatic hydroxyl groups is 1. The number of carbonyl (C=O) groups is 3. The minimum absolute atomic E-state index is 0.0767. The molecule has 2 aromatic rings. The average molecular weight is 701 g/mol. The third kappa shape index (κ3) is 5.44. The summed E-state index contributed by atoms with van der Waals surface area (Å²) in [6.45, 7) is 12.2. The first-order valence-corrected chi connectivity index (χ1v) is 17.2. The van der Waals surface area contributed by atoms with Gasteiger partial charge in [-0.3, -0.25) is 14.4 Å². The second-order valence-corrected chi connectivity index (χ2v) is 14.9. The number of alkyl halides is 1. The topological polar surface area (TPSA) is 81.2 Å². The van der Waals surface area contributed by atoms with Crippen molar-refractivity contribution < 1.29 is 19.5 Å². The van der Waals surface area contributed by atoms with E-state index in [2.05, 4.69) is 29.1 Å². The molecule has 3 aliphatic rings. The quantitative estimate of drug-likeness (QED) is 0.230. The Balaban J connectivity index is 1.61. The van der Waals surface area contributed by atoms with Gasteiger partial charge in [0.15, 0.2) is 0 Å². The van der Waals surface area contributed by atoms with Crippen LogP contribution in [0.3, 0.4) is 0 Å². The lowest BCUT2D eigenvalue weighted by molar-refractivity contribution is -0.145. The van der Waals surface area contributed by atoms with Crippen LogP contribution in [0.4, 0.5) is 5.69 Å². The highest BCUT2D eigenvalue weighted by Crippen LogP contribution is 2.68. The molecule has 2 bridgehead atoms. The second-order valence-electron chi connectivity index (χ2n) is 11.8. The van der Waals surface area contributed by atoms with Crippen molar-refractivity contribution in [3.63, 3.8) is 0 Å². The summed E-state index contributed by atoms with van der Waals surface area (Å²) in [6.07, 6.45) is 4.36. The van der Waals surface area contributed by atoms with Gasteiger partial charge in [0.05, 0.1) is 39.9 Å². The molecule has 2 aromatic carbocycles. The van der Waals surface area contributed by atoms with E-state index in [1.54, 1.807) is 44.7 Å².